The summed E-state index contributed by atoms with van der Waals surface area (Å²) >= 11 is 3.49. The molecule has 1 N–H and O–H groups in total. The van der Waals surface area contributed by atoms with Gasteiger partial charge < -0.3 is 10.1 Å². The molecule has 1 aromatic rings. The Morgan fingerprint density at radius 1 is 1.40 bits per heavy atom. The smallest absolute Gasteiger partial charge is 0.0504 e. The molecule has 2 nitrogen and oxygen atoms in total. The topological polar surface area (TPSA) is 21.3 Å². The van der Waals surface area contributed by atoms with E-state index in [0.29, 0.717) is 5.92 Å². The maximum Gasteiger partial charge on any atom is 0.0504 e. The van der Waals surface area contributed by atoms with Crippen LogP contribution < -0.4 is 5.32 Å². The van der Waals surface area contributed by atoms with Crippen molar-refractivity contribution in [2.75, 3.05) is 25.6 Å². The van der Waals surface area contributed by atoms with Crippen molar-refractivity contribution >= 4 is 21.6 Å². The Labute approximate surface area is 100 Å². The Kier molecular flexibility index (Phi) is 5.12. The molecule has 0 aliphatic rings. The van der Waals surface area contributed by atoms with E-state index in [2.05, 4.69) is 53.3 Å². The van der Waals surface area contributed by atoms with Crippen LogP contribution in [-0.4, -0.2) is 20.3 Å². The molecule has 1 aromatic carbocycles. The number of benzene rings is 1. The fourth-order valence-corrected chi connectivity index (χ4v) is 2.08. The second-order valence-corrected chi connectivity index (χ2v) is 4.87. The molecule has 0 heterocycles. The van der Waals surface area contributed by atoms with Crippen LogP contribution in [0.25, 0.3) is 0 Å². The second-order valence-electron chi connectivity index (χ2n) is 3.96. The Hall–Kier alpha value is -0.540. The summed E-state index contributed by atoms with van der Waals surface area (Å²) in [7, 11) is 1.74. The van der Waals surface area contributed by atoms with E-state index in [-0.39, 0.29) is 0 Å². The van der Waals surface area contributed by atoms with Gasteiger partial charge in [-0.05, 0) is 36.6 Å². The first-order chi connectivity index (χ1) is 7.11. The molecule has 0 aromatic heterocycles. The van der Waals surface area contributed by atoms with Crippen LogP contribution in [0.15, 0.2) is 22.7 Å². The molecular formula is C12H18BrNO. The summed E-state index contributed by atoms with van der Waals surface area (Å²) in [6, 6.07) is 6.33. The van der Waals surface area contributed by atoms with E-state index in [4.69, 9.17) is 4.74 Å². The zero-order valence-electron chi connectivity index (χ0n) is 9.51. The predicted octanol–water partition coefficient (Wildman–Crippen LogP) is 3.45. The maximum atomic E-state index is 5.09. The SMILES string of the molecule is COCC(C)CNc1cc(C)cc(Br)c1. The Morgan fingerprint density at radius 3 is 2.73 bits per heavy atom. The number of halogens is 1. The van der Waals surface area contributed by atoms with Gasteiger partial charge in [0.25, 0.3) is 0 Å². The molecule has 0 saturated carbocycles. The molecule has 0 amide bonds. The van der Waals surface area contributed by atoms with Crippen molar-refractivity contribution in [3.63, 3.8) is 0 Å². The fraction of sp³-hybridized carbons (Fsp3) is 0.500. The van der Waals surface area contributed by atoms with Crippen molar-refractivity contribution in [3.8, 4) is 0 Å². The molecular weight excluding hydrogens is 254 g/mol. The second kappa shape index (κ2) is 6.13. The summed E-state index contributed by atoms with van der Waals surface area (Å²) in [6.45, 7) is 5.99. The Balaban J connectivity index is 2.50. The van der Waals surface area contributed by atoms with Gasteiger partial charge in [0.1, 0.15) is 0 Å². The lowest BCUT2D eigenvalue weighted by molar-refractivity contribution is 0.164. The number of nitrogens with one attached hydrogen (secondary N) is 1. The van der Waals surface area contributed by atoms with E-state index in [1.807, 2.05) is 0 Å². The third-order valence-corrected chi connectivity index (χ3v) is 2.61. The maximum absolute atomic E-state index is 5.09. The molecule has 0 spiro atoms. The van der Waals surface area contributed by atoms with Gasteiger partial charge in [0, 0.05) is 23.8 Å². The van der Waals surface area contributed by atoms with E-state index < -0.39 is 0 Å². The zero-order chi connectivity index (χ0) is 11.3. The van der Waals surface area contributed by atoms with Crippen molar-refractivity contribution in [3.05, 3.63) is 28.2 Å². The summed E-state index contributed by atoms with van der Waals surface area (Å²) in [5, 5.41) is 3.40. The van der Waals surface area contributed by atoms with Crippen LogP contribution in [0.4, 0.5) is 5.69 Å². The lowest BCUT2D eigenvalue weighted by atomic mass is 10.2. The van der Waals surface area contributed by atoms with E-state index in [0.717, 1.165) is 23.3 Å². The summed E-state index contributed by atoms with van der Waals surface area (Å²) in [5.74, 6) is 0.522. The lowest BCUT2D eigenvalue weighted by Gasteiger charge is -2.13. The number of hydrogen-bond acceptors (Lipinski definition) is 2. The molecule has 0 aliphatic carbocycles. The molecule has 3 heteroatoms. The number of rotatable bonds is 5. The summed E-state index contributed by atoms with van der Waals surface area (Å²) in [6.07, 6.45) is 0. The van der Waals surface area contributed by atoms with Crippen molar-refractivity contribution in [1.29, 1.82) is 0 Å². The van der Waals surface area contributed by atoms with Crippen LogP contribution in [-0.2, 0) is 4.74 Å². The highest BCUT2D eigenvalue weighted by Crippen LogP contribution is 2.19. The third-order valence-electron chi connectivity index (χ3n) is 2.15. The van der Waals surface area contributed by atoms with Gasteiger partial charge in [0.05, 0.1) is 6.61 Å². The molecule has 0 fully saturated rings. The van der Waals surface area contributed by atoms with E-state index in [1.165, 1.54) is 5.56 Å². The quantitative estimate of drug-likeness (QED) is 0.886. The van der Waals surface area contributed by atoms with Crippen LogP contribution in [0, 0.1) is 12.8 Å². The molecule has 1 atom stereocenters. The zero-order valence-corrected chi connectivity index (χ0v) is 11.1. The minimum Gasteiger partial charge on any atom is -0.385 e. The summed E-state index contributed by atoms with van der Waals surface area (Å²) < 4.78 is 6.21. The van der Waals surface area contributed by atoms with Crippen LogP contribution in [0.1, 0.15) is 12.5 Å². The largest absolute Gasteiger partial charge is 0.385 e. The highest BCUT2D eigenvalue weighted by atomic mass is 79.9. The van der Waals surface area contributed by atoms with Gasteiger partial charge >= 0.3 is 0 Å². The summed E-state index contributed by atoms with van der Waals surface area (Å²) in [5.41, 5.74) is 2.41. The van der Waals surface area contributed by atoms with Crippen molar-refractivity contribution in [2.45, 2.75) is 13.8 Å². The third kappa shape index (κ3) is 4.67. The van der Waals surface area contributed by atoms with Gasteiger partial charge in [-0.15, -0.1) is 0 Å². The molecule has 1 rings (SSSR count). The Morgan fingerprint density at radius 2 is 2.13 bits per heavy atom. The molecule has 0 bridgehead atoms. The number of aryl methyl sites for hydroxylation is 1. The molecule has 1 unspecified atom stereocenters. The Bertz CT molecular complexity index is 294. The average molecular weight is 272 g/mol. The lowest BCUT2D eigenvalue weighted by Crippen LogP contribution is -2.15. The minimum atomic E-state index is 0.522. The fourth-order valence-electron chi connectivity index (χ4n) is 1.47. The molecule has 0 radical (unpaired) electrons. The van der Waals surface area contributed by atoms with Gasteiger partial charge in [-0.1, -0.05) is 22.9 Å². The van der Waals surface area contributed by atoms with E-state index >= 15 is 0 Å². The van der Waals surface area contributed by atoms with Crippen molar-refractivity contribution in [2.24, 2.45) is 5.92 Å². The number of anilines is 1. The van der Waals surface area contributed by atoms with Gasteiger partial charge in [-0.2, -0.15) is 0 Å². The molecule has 0 saturated heterocycles. The first-order valence-electron chi connectivity index (χ1n) is 5.12. The minimum absolute atomic E-state index is 0.522. The van der Waals surface area contributed by atoms with Gasteiger partial charge in [-0.25, -0.2) is 0 Å². The average Bonchev–Trinajstić information content (AvgIpc) is 2.14. The highest BCUT2D eigenvalue weighted by Gasteiger charge is 2.01. The monoisotopic (exact) mass is 271 g/mol. The van der Waals surface area contributed by atoms with Gasteiger partial charge in [-0.3, -0.25) is 0 Å². The number of hydrogen-bond donors (Lipinski definition) is 1. The van der Waals surface area contributed by atoms with Gasteiger partial charge in [0.2, 0.25) is 0 Å². The number of methoxy groups -OCH3 is 1. The van der Waals surface area contributed by atoms with Crippen LogP contribution in [0.2, 0.25) is 0 Å². The summed E-state index contributed by atoms with van der Waals surface area (Å²) in [4.78, 5) is 0. The van der Waals surface area contributed by atoms with Crippen LogP contribution >= 0.6 is 15.9 Å². The van der Waals surface area contributed by atoms with Gasteiger partial charge in [0.15, 0.2) is 0 Å². The normalized spacial score (nSPS) is 12.5. The van der Waals surface area contributed by atoms with Crippen molar-refractivity contribution < 1.29 is 4.74 Å². The predicted molar refractivity (Wildman–Crippen MR) is 68.4 cm³/mol. The van der Waals surface area contributed by atoms with Crippen LogP contribution in [0.5, 0.6) is 0 Å². The molecule has 84 valence electrons. The molecule has 15 heavy (non-hydrogen) atoms. The first kappa shape index (κ1) is 12.5. The van der Waals surface area contributed by atoms with E-state index in [1.54, 1.807) is 7.11 Å². The standard InChI is InChI=1S/C12H18BrNO/c1-9-4-11(13)6-12(5-9)14-7-10(2)8-15-3/h4-6,10,14H,7-8H2,1-3H3. The highest BCUT2D eigenvalue weighted by molar-refractivity contribution is 9.10. The first-order valence-corrected chi connectivity index (χ1v) is 5.91. The van der Waals surface area contributed by atoms with Crippen molar-refractivity contribution in [1.82, 2.24) is 0 Å². The van der Waals surface area contributed by atoms with E-state index in [9.17, 15) is 0 Å². The molecule has 0 aliphatic heterocycles. The van der Waals surface area contributed by atoms with Crippen LogP contribution in [0.3, 0.4) is 0 Å². The number of ether oxygens (including phenoxy) is 1.